The number of halogens is 1. The summed E-state index contributed by atoms with van der Waals surface area (Å²) in [6.45, 7) is 4.56. The maximum Gasteiger partial charge on any atom is 0.240 e. The lowest BCUT2D eigenvalue weighted by Crippen LogP contribution is -2.29. The number of carbonyl (C=O) groups is 1. The molecule has 0 aliphatic carbocycles. The second-order valence-corrected chi connectivity index (χ2v) is 9.28. The van der Waals surface area contributed by atoms with Crippen LogP contribution in [0.4, 0.5) is 5.69 Å². The topological polar surface area (TPSA) is 101 Å². The highest BCUT2D eigenvalue weighted by atomic mass is 35.5. The van der Waals surface area contributed by atoms with E-state index in [0.717, 1.165) is 12.8 Å². The van der Waals surface area contributed by atoms with E-state index >= 15 is 0 Å². The number of thiophene rings is 1. The molecule has 27 heavy (non-hydrogen) atoms. The van der Waals surface area contributed by atoms with Crippen LogP contribution < -0.4 is 15.8 Å². The number of hydrogen-bond donors (Lipinski definition) is 3. The Labute approximate surface area is 171 Å². The molecule has 0 radical (unpaired) electrons. The van der Waals surface area contributed by atoms with Crippen LogP contribution >= 0.6 is 23.7 Å². The van der Waals surface area contributed by atoms with Gasteiger partial charge >= 0.3 is 0 Å². The van der Waals surface area contributed by atoms with Crippen LogP contribution in [0, 0.1) is 13.8 Å². The monoisotopic (exact) mass is 431 g/mol. The molecule has 2 rings (SSSR count). The molecule has 1 aromatic carbocycles. The number of anilines is 1. The number of benzene rings is 1. The van der Waals surface area contributed by atoms with Crippen LogP contribution in [-0.2, 0) is 21.2 Å². The second kappa shape index (κ2) is 10.8. The number of nitrogens with two attached hydrogens (primary N) is 1. The van der Waals surface area contributed by atoms with E-state index in [0.29, 0.717) is 12.1 Å². The highest BCUT2D eigenvalue weighted by Crippen LogP contribution is 2.22. The van der Waals surface area contributed by atoms with E-state index < -0.39 is 10.0 Å². The fraction of sp³-hybridized carbons (Fsp3) is 0.389. The van der Waals surface area contributed by atoms with Crippen molar-refractivity contribution in [2.24, 2.45) is 5.73 Å². The van der Waals surface area contributed by atoms with Gasteiger partial charge in [-0.25, -0.2) is 13.1 Å². The summed E-state index contributed by atoms with van der Waals surface area (Å²) in [5, 5.41) is 2.76. The van der Waals surface area contributed by atoms with Crippen LogP contribution in [0.3, 0.4) is 0 Å². The number of hydrogen-bond acceptors (Lipinski definition) is 5. The molecule has 0 atom stereocenters. The molecule has 0 unspecified atom stereocenters. The zero-order chi connectivity index (χ0) is 19.2. The molecule has 6 nitrogen and oxygen atoms in total. The summed E-state index contributed by atoms with van der Waals surface area (Å²) in [5.41, 5.74) is 7.08. The van der Waals surface area contributed by atoms with Gasteiger partial charge in [0.1, 0.15) is 0 Å². The maximum atomic E-state index is 12.1. The summed E-state index contributed by atoms with van der Waals surface area (Å²) in [7, 11) is -3.62. The van der Waals surface area contributed by atoms with Crippen molar-refractivity contribution in [3.8, 4) is 0 Å². The summed E-state index contributed by atoms with van der Waals surface area (Å²) in [6, 6.07) is 8.37. The molecule has 0 saturated carbocycles. The third-order valence-electron chi connectivity index (χ3n) is 3.86. The molecule has 1 heterocycles. The van der Waals surface area contributed by atoms with Crippen molar-refractivity contribution in [1.29, 1.82) is 0 Å². The normalized spacial score (nSPS) is 11.1. The van der Waals surface area contributed by atoms with Crippen LogP contribution in [0.25, 0.3) is 0 Å². The van der Waals surface area contributed by atoms with E-state index in [-0.39, 0.29) is 36.3 Å². The Hall–Kier alpha value is -1.45. The van der Waals surface area contributed by atoms with Crippen molar-refractivity contribution in [3.63, 3.8) is 0 Å². The highest BCUT2D eigenvalue weighted by molar-refractivity contribution is 7.89. The second-order valence-electron chi connectivity index (χ2n) is 6.05. The molecule has 0 bridgehead atoms. The lowest BCUT2D eigenvalue weighted by Gasteiger charge is -2.09. The minimum absolute atomic E-state index is 0. The summed E-state index contributed by atoms with van der Waals surface area (Å²) in [4.78, 5) is 14.8. The van der Waals surface area contributed by atoms with Gasteiger partial charge in [-0.15, -0.1) is 23.7 Å². The molecule has 0 aliphatic heterocycles. The number of carbonyl (C=O) groups excluding carboxylic acids is 1. The summed E-state index contributed by atoms with van der Waals surface area (Å²) in [5.74, 6) is -0.126. The van der Waals surface area contributed by atoms with Crippen molar-refractivity contribution in [1.82, 2.24) is 4.72 Å². The van der Waals surface area contributed by atoms with E-state index in [1.165, 1.54) is 27.5 Å². The number of aryl methyl sites for hydroxylation is 3. The highest BCUT2D eigenvalue weighted by Gasteiger charge is 2.14. The van der Waals surface area contributed by atoms with Gasteiger partial charge in [0.05, 0.1) is 4.90 Å². The van der Waals surface area contributed by atoms with Gasteiger partial charge < -0.3 is 11.1 Å². The molecular formula is C18H26ClN3O3S2. The van der Waals surface area contributed by atoms with Gasteiger partial charge in [-0.05, 0) is 56.5 Å². The Morgan fingerprint density at radius 2 is 1.96 bits per heavy atom. The SMILES string of the molecule is Cc1cc(CCCC(=O)Nc2cccc(S(=O)(=O)NCCN)c2)c(C)s1.Cl. The van der Waals surface area contributed by atoms with E-state index in [9.17, 15) is 13.2 Å². The molecule has 1 aromatic heterocycles. The van der Waals surface area contributed by atoms with Crippen LogP contribution in [0.1, 0.15) is 28.2 Å². The Bertz CT molecular complexity index is 866. The van der Waals surface area contributed by atoms with E-state index in [1.807, 2.05) is 0 Å². The third-order valence-corrected chi connectivity index (χ3v) is 6.33. The average Bonchev–Trinajstić information content (AvgIpc) is 2.91. The first-order valence-corrected chi connectivity index (χ1v) is 10.8. The van der Waals surface area contributed by atoms with Crippen LogP contribution in [0.2, 0.25) is 0 Å². The number of amides is 1. The van der Waals surface area contributed by atoms with Crippen molar-refractivity contribution in [2.45, 2.75) is 38.0 Å². The summed E-state index contributed by atoms with van der Waals surface area (Å²) in [6.07, 6.45) is 2.00. The first-order chi connectivity index (χ1) is 12.3. The molecule has 9 heteroatoms. The van der Waals surface area contributed by atoms with Crippen LogP contribution in [0.15, 0.2) is 35.2 Å². The van der Waals surface area contributed by atoms with E-state index in [2.05, 4.69) is 30.0 Å². The Morgan fingerprint density at radius 3 is 2.59 bits per heavy atom. The Kier molecular flexibility index (Phi) is 9.41. The van der Waals surface area contributed by atoms with Crippen molar-refractivity contribution in [3.05, 3.63) is 45.6 Å². The van der Waals surface area contributed by atoms with Gasteiger partial charge in [-0.2, -0.15) is 0 Å². The van der Waals surface area contributed by atoms with Gasteiger partial charge in [0, 0.05) is 35.0 Å². The molecule has 0 fully saturated rings. The van der Waals surface area contributed by atoms with Crippen LogP contribution in [0.5, 0.6) is 0 Å². The molecule has 2 aromatic rings. The fourth-order valence-corrected chi connectivity index (χ4v) is 4.68. The third kappa shape index (κ3) is 7.23. The number of sulfonamides is 1. The van der Waals surface area contributed by atoms with Gasteiger partial charge in [-0.3, -0.25) is 4.79 Å². The Balaban J connectivity index is 0.00000364. The van der Waals surface area contributed by atoms with Crippen LogP contribution in [-0.4, -0.2) is 27.4 Å². The standard InChI is InChI=1S/C18H25N3O3S2.ClH/c1-13-11-15(14(2)25-13)5-3-8-18(22)21-16-6-4-7-17(12-16)26(23,24)20-10-9-19;/h4,6-7,11-12,20H,3,5,8-10,19H2,1-2H3,(H,21,22);1H. The quantitative estimate of drug-likeness (QED) is 0.568. The predicted octanol–water partition coefficient (Wildman–Crippen LogP) is 2.99. The molecule has 0 spiro atoms. The van der Waals surface area contributed by atoms with Gasteiger partial charge in [0.2, 0.25) is 15.9 Å². The molecule has 4 N–H and O–H groups in total. The lowest BCUT2D eigenvalue weighted by atomic mass is 10.1. The zero-order valence-corrected chi connectivity index (χ0v) is 17.9. The molecular weight excluding hydrogens is 406 g/mol. The minimum Gasteiger partial charge on any atom is -0.329 e. The molecule has 0 aliphatic rings. The van der Waals surface area contributed by atoms with E-state index in [1.54, 1.807) is 23.5 Å². The minimum atomic E-state index is -3.62. The smallest absolute Gasteiger partial charge is 0.240 e. The number of rotatable bonds is 9. The lowest BCUT2D eigenvalue weighted by molar-refractivity contribution is -0.116. The van der Waals surface area contributed by atoms with Crippen molar-refractivity contribution in [2.75, 3.05) is 18.4 Å². The van der Waals surface area contributed by atoms with Gasteiger partial charge in [0.25, 0.3) is 0 Å². The maximum absolute atomic E-state index is 12.1. The van der Waals surface area contributed by atoms with Crippen molar-refractivity contribution < 1.29 is 13.2 Å². The van der Waals surface area contributed by atoms with Gasteiger partial charge in [0.15, 0.2) is 0 Å². The largest absolute Gasteiger partial charge is 0.329 e. The zero-order valence-electron chi connectivity index (χ0n) is 15.4. The Morgan fingerprint density at radius 1 is 1.22 bits per heavy atom. The first-order valence-electron chi connectivity index (χ1n) is 8.47. The summed E-state index contributed by atoms with van der Waals surface area (Å²) < 4.78 is 26.6. The first kappa shape index (κ1) is 23.6. The molecule has 150 valence electrons. The molecule has 1 amide bonds. The average molecular weight is 432 g/mol. The van der Waals surface area contributed by atoms with Gasteiger partial charge in [-0.1, -0.05) is 6.07 Å². The molecule has 0 saturated heterocycles. The fourth-order valence-electron chi connectivity index (χ4n) is 2.61. The number of nitrogens with one attached hydrogen (secondary N) is 2. The summed E-state index contributed by atoms with van der Waals surface area (Å²) >= 11 is 1.77. The predicted molar refractivity (Wildman–Crippen MR) is 113 cm³/mol. The van der Waals surface area contributed by atoms with Crippen molar-refractivity contribution >= 4 is 45.4 Å². The van der Waals surface area contributed by atoms with E-state index in [4.69, 9.17) is 5.73 Å².